The number of rotatable bonds is 2. The van der Waals surface area contributed by atoms with E-state index in [0.29, 0.717) is 5.56 Å². The highest BCUT2D eigenvalue weighted by molar-refractivity contribution is 5.35. The van der Waals surface area contributed by atoms with Gasteiger partial charge in [0, 0.05) is 0 Å². The molecule has 0 amide bonds. The highest BCUT2D eigenvalue weighted by Crippen LogP contribution is 2.58. The smallest absolute Gasteiger partial charge is 0.170 e. The summed E-state index contributed by atoms with van der Waals surface area (Å²) >= 11 is 0. The van der Waals surface area contributed by atoms with Crippen LogP contribution in [0.3, 0.4) is 0 Å². The highest BCUT2D eigenvalue weighted by Gasteiger charge is 2.64. The van der Waals surface area contributed by atoms with E-state index in [1.807, 2.05) is 6.92 Å². The Bertz CT molecular complexity index is 344. The molecule has 1 saturated carbocycles. The summed E-state index contributed by atoms with van der Waals surface area (Å²) in [4.78, 5) is 0. The second-order valence-corrected chi connectivity index (χ2v) is 4.13. The van der Waals surface area contributed by atoms with Crippen LogP contribution in [0.1, 0.15) is 30.9 Å². The van der Waals surface area contributed by atoms with Gasteiger partial charge in [0.1, 0.15) is 0 Å². The third-order valence-electron chi connectivity index (χ3n) is 3.21. The van der Waals surface area contributed by atoms with E-state index in [1.165, 1.54) is 0 Å². The molecule has 0 radical (unpaired) electrons. The molecular formula is C12H13F3. The van der Waals surface area contributed by atoms with Crippen molar-refractivity contribution in [1.29, 1.82) is 0 Å². The summed E-state index contributed by atoms with van der Waals surface area (Å²) in [6.45, 7) is 1.99. The fraction of sp³-hybridized carbons (Fsp3) is 0.500. The first-order valence-corrected chi connectivity index (χ1v) is 5.16. The largest absolute Gasteiger partial charge is 0.398 e. The first kappa shape index (κ1) is 10.5. The molecule has 0 spiro atoms. The Kier molecular flexibility index (Phi) is 2.28. The van der Waals surface area contributed by atoms with Crippen LogP contribution in [-0.2, 0) is 11.8 Å². The van der Waals surface area contributed by atoms with E-state index in [2.05, 4.69) is 0 Å². The molecule has 0 nitrogen and oxygen atoms in total. The summed E-state index contributed by atoms with van der Waals surface area (Å²) in [5, 5.41) is 0. The lowest BCUT2D eigenvalue weighted by molar-refractivity contribution is -0.160. The van der Waals surface area contributed by atoms with E-state index in [1.54, 1.807) is 24.3 Å². The van der Waals surface area contributed by atoms with Gasteiger partial charge in [-0.25, -0.2) is 0 Å². The van der Waals surface area contributed by atoms with Crippen LogP contribution in [0.15, 0.2) is 24.3 Å². The van der Waals surface area contributed by atoms with Gasteiger partial charge in [0.05, 0.1) is 5.41 Å². The third-order valence-corrected chi connectivity index (χ3v) is 3.21. The molecule has 0 N–H and O–H groups in total. The highest BCUT2D eigenvalue weighted by atomic mass is 19.4. The van der Waals surface area contributed by atoms with Crippen LogP contribution in [0.4, 0.5) is 13.2 Å². The molecule has 1 aliphatic carbocycles. The van der Waals surface area contributed by atoms with Crippen molar-refractivity contribution in [2.24, 2.45) is 0 Å². The molecule has 1 fully saturated rings. The van der Waals surface area contributed by atoms with Gasteiger partial charge in [-0.1, -0.05) is 31.2 Å². The van der Waals surface area contributed by atoms with E-state index in [4.69, 9.17) is 0 Å². The van der Waals surface area contributed by atoms with Crippen molar-refractivity contribution >= 4 is 0 Å². The van der Waals surface area contributed by atoms with Gasteiger partial charge < -0.3 is 0 Å². The van der Waals surface area contributed by atoms with Crippen LogP contribution >= 0.6 is 0 Å². The van der Waals surface area contributed by atoms with Crippen molar-refractivity contribution in [3.8, 4) is 0 Å². The van der Waals surface area contributed by atoms with Crippen LogP contribution in [-0.4, -0.2) is 6.18 Å². The summed E-state index contributed by atoms with van der Waals surface area (Å²) < 4.78 is 38.3. The van der Waals surface area contributed by atoms with Crippen molar-refractivity contribution in [2.75, 3.05) is 0 Å². The zero-order valence-corrected chi connectivity index (χ0v) is 8.56. The maximum atomic E-state index is 12.8. The quantitative estimate of drug-likeness (QED) is 0.701. The predicted molar refractivity (Wildman–Crippen MR) is 52.8 cm³/mol. The Morgan fingerprint density at radius 3 is 2.00 bits per heavy atom. The number of hydrogen-bond acceptors (Lipinski definition) is 0. The SMILES string of the molecule is CCc1ccc(C2(C(F)(F)F)CC2)cc1. The Balaban J connectivity index is 2.30. The monoisotopic (exact) mass is 214 g/mol. The van der Waals surface area contributed by atoms with Gasteiger partial charge in [0.2, 0.25) is 0 Å². The average molecular weight is 214 g/mol. The zero-order valence-electron chi connectivity index (χ0n) is 8.56. The molecule has 0 unspecified atom stereocenters. The molecule has 0 aliphatic heterocycles. The summed E-state index contributed by atoms with van der Waals surface area (Å²) in [5.41, 5.74) is -0.0249. The van der Waals surface area contributed by atoms with E-state index in [0.717, 1.165) is 12.0 Å². The zero-order chi connectivity index (χ0) is 11.1. The lowest BCUT2D eigenvalue weighted by Crippen LogP contribution is -2.28. The van der Waals surface area contributed by atoms with E-state index in [-0.39, 0.29) is 12.8 Å². The van der Waals surface area contributed by atoms with E-state index >= 15 is 0 Å². The second kappa shape index (κ2) is 3.26. The predicted octanol–water partition coefficient (Wildman–Crippen LogP) is 3.84. The van der Waals surface area contributed by atoms with E-state index in [9.17, 15) is 13.2 Å². The van der Waals surface area contributed by atoms with Gasteiger partial charge in [-0.05, 0) is 30.4 Å². The van der Waals surface area contributed by atoms with Gasteiger partial charge in [-0.3, -0.25) is 0 Å². The third kappa shape index (κ3) is 1.64. The van der Waals surface area contributed by atoms with Crippen molar-refractivity contribution in [3.05, 3.63) is 35.4 Å². The van der Waals surface area contributed by atoms with Crippen molar-refractivity contribution in [3.63, 3.8) is 0 Å². The molecule has 2 rings (SSSR count). The summed E-state index contributed by atoms with van der Waals surface area (Å²) in [6.07, 6.45) is -2.76. The van der Waals surface area contributed by atoms with Crippen molar-refractivity contribution in [1.82, 2.24) is 0 Å². The van der Waals surface area contributed by atoms with Crippen LogP contribution in [0.5, 0.6) is 0 Å². The summed E-state index contributed by atoms with van der Waals surface area (Å²) in [5.74, 6) is 0. The first-order chi connectivity index (χ1) is 6.99. The Hall–Kier alpha value is -0.990. The molecule has 0 saturated heterocycles. The molecule has 0 atom stereocenters. The van der Waals surface area contributed by atoms with Crippen LogP contribution in [0.2, 0.25) is 0 Å². The molecule has 0 aromatic heterocycles. The Morgan fingerprint density at radius 2 is 1.67 bits per heavy atom. The van der Waals surface area contributed by atoms with Crippen molar-refractivity contribution < 1.29 is 13.2 Å². The van der Waals surface area contributed by atoms with Crippen LogP contribution in [0.25, 0.3) is 0 Å². The summed E-state index contributed by atoms with van der Waals surface area (Å²) in [6, 6.07) is 6.83. The Morgan fingerprint density at radius 1 is 1.13 bits per heavy atom. The molecule has 0 bridgehead atoms. The minimum atomic E-state index is -4.10. The fourth-order valence-corrected chi connectivity index (χ4v) is 1.92. The van der Waals surface area contributed by atoms with Gasteiger partial charge in [-0.2, -0.15) is 13.2 Å². The molecule has 0 heterocycles. The number of alkyl halides is 3. The standard InChI is InChI=1S/C12H13F3/c1-2-9-3-5-10(6-4-9)11(7-8-11)12(13,14)15/h3-6H,2,7-8H2,1H3. The van der Waals surface area contributed by atoms with Crippen molar-refractivity contribution in [2.45, 2.75) is 37.8 Å². The molecule has 1 aliphatic rings. The topological polar surface area (TPSA) is 0 Å². The summed E-state index contributed by atoms with van der Waals surface area (Å²) in [7, 11) is 0. The lowest BCUT2D eigenvalue weighted by Gasteiger charge is -2.19. The van der Waals surface area contributed by atoms with Crippen LogP contribution < -0.4 is 0 Å². The molecule has 15 heavy (non-hydrogen) atoms. The van der Waals surface area contributed by atoms with Gasteiger partial charge in [-0.15, -0.1) is 0 Å². The lowest BCUT2D eigenvalue weighted by atomic mass is 9.94. The Labute approximate surface area is 87.1 Å². The molecule has 1 aromatic rings. The number of benzene rings is 1. The number of aryl methyl sites for hydroxylation is 1. The average Bonchev–Trinajstić information content (AvgIpc) is 2.98. The number of hydrogen-bond donors (Lipinski definition) is 0. The minimum absolute atomic E-state index is 0.238. The number of halogens is 3. The van der Waals surface area contributed by atoms with E-state index < -0.39 is 11.6 Å². The van der Waals surface area contributed by atoms with Gasteiger partial charge in [0.25, 0.3) is 0 Å². The fourth-order valence-electron chi connectivity index (χ4n) is 1.92. The van der Waals surface area contributed by atoms with Gasteiger partial charge >= 0.3 is 6.18 Å². The molecule has 82 valence electrons. The molecule has 3 heteroatoms. The first-order valence-electron chi connectivity index (χ1n) is 5.16. The maximum absolute atomic E-state index is 12.8. The normalized spacial score (nSPS) is 18.9. The van der Waals surface area contributed by atoms with Gasteiger partial charge in [0.15, 0.2) is 0 Å². The maximum Gasteiger partial charge on any atom is 0.398 e. The molecule has 1 aromatic carbocycles. The molecular weight excluding hydrogens is 201 g/mol. The second-order valence-electron chi connectivity index (χ2n) is 4.13. The minimum Gasteiger partial charge on any atom is -0.170 e. The van der Waals surface area contributed by atoms with Crippen LogP contribution in [0, 0.1) is 0 Å².